The van der Waals surface area contributed by atoms with Gasteiger partial charge >= 0.3 is 0 Å². The van der Waals surface area contributed by atoms with Crippen LogP contribution in [0, 0.1) is 0 Å². The molecule has 1 saturated carbocycles. The van der Waals surface area contributed by atoms with E-state index in [1.807, 2.05) is 4.90 Å². The molecule has 3 atom stereocenters. The number of carbonyl (C=O) groups excluding carboxylic acids is 1. The SMILES string of the molecule is CCCC(N)C(=O)N1CCOC2CCCC21. The molecule has 2 N–H and O–H groups in total. The summed E-state index contributed by atoms with van der Waals surface area (Å²) in [6.45, 7) is 3.45. The summed E-state index contributed by atoms with van der Waals surface area (Å²) < 4.78 is 5.69. The number of morpholine rings is 1. The molecule has 16 heavy (non-hydrogen) atoms. The van der Waals surface area contributed by atoms with Gasteiger partial charge in [0.2, 0.25) is 5.91 Å². The van der Waals surface area contributed by atoms with Gasteiger partial charge in [-0.2, -0.15) is 0 Å². The van der Waals surface area contributed by atoms with Crippen LogP contribution in [0.1, 0.15) is 39.0 Å². The van der Waals surface area contributed by atoms with Gasteiger partial charge < -0.3 is 15.4 Å². The van der Waals surface area contributed by atoms with Crippen LogP contribution in [0.3, 0.4) is 0 Å². The third-order valence-electron chi connectivity index (χ3n) is 3.68. The number of nitrogens with zero attached hydrogens (tertiary/aromatic N) is 1. The number of hydrogen-bond donors (Lipinski definition) is 1. The first-order chi connectivity index (χ1) is 7.74. The van der Waals surface area contributed by atoms with E-state index < -0.39 is 0 Å². The molecule has 4 nitrogen and oxygen atoms in total. The van der Waals surface area contributed by atoms with Gasteiger partial charge in [-0.25, -0.2) is 0 Å². The molecular weight excluding hydrogens is 204 g/mol. The normalized spacial score (nSPS) is 31.2. The van der Waals surface area contributed by atoms with E-state index in [1.54, 1.807) is 0 Å². The summed E-state index contributed by atoms with van der Waals surface area (Å²) in [7, 11) is 0. The minimum absolute atomic E-state index is 0.127. The Morgan fingerprint density at radius 3 is 3.12 bits per heavy atom. The predicted octanol–water partition coefficient (Wildman–Crippen LogP) is 0.894. The van der Waals surface area contributed by atoms with E-state index in [0.29, 0.717) is 12.6 Å². The van der Waals surface area contributed by atoms with Crippen LogP contribution in [-0.2, 0) is 9.53 Å². The summed E-state index contributed by atoms with van der Waals surface area (Å²) >= 11 is 0. The fourth-order valence-electron chi connectivity index (χ4n) is 2.85. The van der Waals surface area contributed by atoms with E-state index in [4.69, 9.17) is 10.5 Å². The molecule has 1 aliphatic heterocycles. The van der Waals surface area contributed by atoms with Gasteiger partial charge in [-0.05, 0) is 25.7 Å². The molecule has 1 aliphatic carbocycles. The topological polar surface area (TPSA) is 55.6 Å². The zero-order chi connectivity index (χ0) is 11.5. The first-order valence-electron chi connectivity index (χ1n) is 6.41. The second-order valence-corrected chi connectivity index (χ2v) is 4.83. The second-order valence-electron chi connectivity index (χ2n) is 4.83. The molecule has 3 unspecified atom stereocenters. The highest BCUT2D eigenvalue weighted by molar-refractivity contribution is 5.82. The van der Waals surface area contributed by atoms with Crippen molar-refractivity contribution in [1.82, 2.24) is 4.90 Å². The van der Waals surface area contributed by atoms with E-state index in [1.165, 1.54) is 6.42 Å². The fourth-order valence-corrected chi connectivity index (χ4v) is 2.85. The van der Waals surface area contributed by atoms with E-state index in [-0.39, 0.29) is 18.1 Å². The summed E-state index contributed by atoms with van der Waals surface area (Å²) in [5, 5.41) is 0. The zero-order valence-electron chi connectivity index (χ0n) is 10.0. The number of hydrogen-bond acceptors (Lipinski definition) is 3. The summed E-state index contributed by atoms with van der Waals surface area (Å²) in [5.41, 5.74) is 5.91. The smallest absolute Gasteiger partial charge is 0.239 e. The number of rotatable bonds is 3. The number of fused-ring (bicyclic) bond motifs is 1. The molecule has 2 rings (SSSR count). The molecule has 1 amide bonds. The van der Waals surface area contributed by atoms with Crippen molar-refractivity contribution >= 4 is 5.91 Å². The number of nitrogens with two attached hydrogens (primary N) is 1. The Kier molecular flexibility index (Phi) is 3.82. The second kappa shape index (κ2) is 5.15. The number of ether oxygens (including phenoxy) is 1. The average Bonchev–Trinajstić information content (AvgIpc) is 2.76. The molecule has 0 aromatic heterocycles. The largest absolute Gasteiger partial charge is 0.374 e. The van der Waals surface area contributed by atoms with Crippen LogP contribution in [0.4, 0.5) is 0 Å². The Morgan fingerprint density at radius 2 is 2.38 bits per heavy atom. The van der Waals surface area contributed by atoms with Crippen molar-refractivity contribution in [3.8, 4) is 0 Å². The molecule has 0 spiro atoms. The summed E-state index contributed by atoms with van der Waals surface area (Å²) in [6, 6.07) is -0.0199. The van der Waals surface area contributed by atoms with E-state index in [9.17, 15) is 4.79 Å². The van der Waals surface area contributed by atoms with Gasteiger partial charge in [-0.1, -0.05) is 13.3 Å². The van der Waals surface area contributed by atoms with Gasteiger partial charge in [0.25, 0.3) is 0 Å². The molecule has 92 valence electrons. The standard InChI is InChI=1S/C12H22N2O2/c1-2-4-9(13)12(15)14-7-8-16-11-6-3-5-10(11)14/h9-11H,2-8,13H2,1H3. The Morgan fingerprint density at radius 1 is 1.56 bits per heavy atom. The molecule has 1 heterocycles. The van der Waals surface area contributed by atoms with Crippen molar-refractivity contribution in [1.29, 1.82) is 0 Å². The first kappa shape index (κ1) is 11.9. The lowest BCUT2D eigenvalue weighted by Crippen LogP contribution is -2.55. The van der Waals surface area contributed by atoms with Gasteiger partial charge in [0, 0.05) is 6.54 Å². The minimum Gasteiger partial charge on any atom is -0.374 e. The number of amides is 1. The van der Waals surface area contributed by atoms with Crippen molar-refractivity contribution in [3.63, 3.8) is 0 Å². The van der Waals surface area contributed by atoms with Gasteiger partial charge in [0.15, 0.2) is 0 Å². The highest BCUT2D eigenvalue weighted by atomic mass is 16.5. The highest BCUT2D eigenvalue weighted by Gasteiger charge is 2.39. The third kappa shape index (κ3) is 2.23. The monoisotopic (exact) mass is 226 g/mol. The van der Waals surface area contributed by atoms with Crippen molar-refractivity contribution in [2.75, 3.05) is 13.2 Å². The Bertz CT molecular complexity index is 257. The van der Waals surface area contributed by atoms with Gasteiger partial charge in [0.1, 0.15) is 0 Å². The molecule has 2 aliphatic rings. The van der Waals surface area contributed by atoms with Crippen molar-refractivity contribution in [2.45, 2.75) is 57.2 Å². The molecule has 2 fully saturated rings. The zero-order valence-corrected chi connectivity index (χ0v) is 10.0. The summed E-state index contributed by atoms with van der Waals surface area (Å²) in [6.07, 6.45) is 5.36. The lowest BCUT2D eigenvalue weighted by molar-refractivity contribution is -0.145. The fraction of sp³-hybridized carbons (Fsp3) is 0.917. The molecule has 0 bridgehead atoms. The first-order valence-corrected chi connectivity index (χ1v) is 6.41. The van der Waals surface area contributed by atoms with Crippen LogP contribution in [0.5, 0.6) is 0 Å². The van der Waals surface area contributed by atoms with Crippen LogP contribution in [0.15, 0.2) is 0 Å². The quantitative estimate of drug-likeness (QED) is 0.777. The minimum atomic E-state index is -0.315. The maximum Gasteiger partial charge on any atom is 0.239 e. The summed E-state index contributed by atoms with van der Waals surface area (Å²) in [4.78, 5) is 14.1. The Balaban J connectivity index is 1.99. The maximum atomic E-state index is 12.2. The molecule has 0 radical (unpaired) electrons. The number of carbonyl (C=O) groups is 1. The molecule has 4 heteroatoms. The third-order valence-corrected chi connectivity index (χ3v) is 3.68. The van der Waals surface area contributed by atoms with Crippen molar-refractivity contribution < 1.29 is 9.53 Å². The highest BCUT2D eigenvalue weighted by Crippen LogP contribution is 2.30. The van der Waals surface area contributed by atoms with Crippen LogP contribution in [0.2, 0.25) is 0 Å². The van der Waals surface area contributed by atoms with Crippen LogP contribution in [-0.4, -0.2) is 42.1 Å². The Hall–Kier alpha value is -0.610. The van der Waals surface area contributed by atoms with Gasteiger partial charge in [-0.15, -0.1) is 0 Å². The van der Waals surface area contributed by atoms with Gasteiger partial charge in [-0.3, -0.25) is 4.79 Å². The van der Waals surface area contributed by atoms with E-state index in [0.717, 1.165) is 32.2 Å². The van der Waals surface area contributed by atoms with Crippen LogP contribution >= 0.6 is 0 Å². The van der Waals surface area contributed by atoms with Gasteiger partial charge in [0.05, 0.1) is 24.8 Å². The summed E-state index contributed by atoms with van der Waals surface area (Å²) in [5.74, 6) is 0.127. The lowest BCUT2D eigenvalue weighted by atomic mass is 10.1. The van der Waals surface area contributed by atoms with Crippen molar-refractivity contribution in [3.05, 3.63) is 0 Å². The van der Waals surface area contributed by atoms with E-state index >= 15 is 0 Å². The molecule has 0 aromatic rings. The van der Waals surface area contributed by atoms with Crippen molar-refractivity contribution in [2.24, 2.45) is 5.73 Å². The Labute approximate surface area is 97.1 Å². The van der Waals surface area contributed by atoms with Crippen LogP contribution < -0.4 is 5.73 Å². The maximum absolute atomic E-state index is 12.2. The average molecular weight is 226 g/mol. The molecule has 0 aromatic carbocycles. The van der Waals surface area contributed by atoms with Crippen LogP contribution in [0.25, 0.3) is 0 Å². The van der Waals surface area contributed by atoms with E-state index in [2.05, 4.69) is 6.92 Å². The lowest BCUT2D eigenvalue weighted by Gasteiger charge is -2.38. The predicted molar refractivity (Wildman–Crippen MR) is 62.0 cm³/mol. The molecule has 1 saturated heterocycles. The molecular formula is C12H22N2O2.